The lowest BCUT2D eigenvalue weighted by molar-refractivity contribution is -0.207. The number of aromatic hydroxyl groups is 4. The molecule has 0 radical (unpaired) electrons. The molecule has 0 aromatic heterocycles. The molecular weight excluding hydrogens is 1150 g/mol. The molecule has 6 aromatic rings. The molecule has 8 fully saturated rings. The molecular formula is C77H88O14. The second-order valence-electron chi connectivity index (χ2n) is 28.6. The highest BCUT2D eigenvalue weighted by Crippen LogP contribution is 2.61. The van der Waals surface area contributed by atoms with Gasteiger partial charge in [0, 0.05) is 23.0 Å². The number of carbonyl (C=O) groups is 4. The highest BCUT2D eigenvalue weighted by atomic mass is 16.6. The summed E-state index contributed by atoms with van der Waals surface area (Å²) in [6.07, 6.45) is 11.4. The molecule has 14 nitrogen and oxygen atoms in total. The zero-order valence-electron chi connectivity index (χ0n) is 54.3. The number of rotatable bonds is 20. The first-order valence-electron chi connectivity index (χ1n) is 32.8. The molecule has 0 aliphatic heterocycles. The van der Waals surface area contributed by atoms with Gasteiger partial charge in [-0.3, -0.25) is 0 Å². The molecule has 8 bridgehead atoms. The fourth-order valence-electron chi connectivity index (χ4n) is 17.7. The van der Waals surface area contributed by atoms with Crippen molar-refractivity contribution in [3.63, 3.8) is 0 Å². The zero-order valence-corrected chi connectivity index (χ0v) is 54.3. The van der Waals surface area contributed by atoms with Gasteiger partial charge < -0.3 is 48.8 Å². The summed E-state index contributed by atoms with van der Waals surface area (Å²) in [5, 5.41) is 44.1. The van der Waals surface area contributed by atoms with Crippen LogP contribution in [0.2, 0.25) is 0 Å². The summed E-state index contributed by atoms with van der Waals surface area (Å²) in [5.41, 5.74) is 11.1. The molecule has 14 heteroatoms. The summed E-state index contributed by atoms with van der Waals surface area (Å²) in [4.78, 5) is 54.5. The molecule has 0 amide bonds. The fourth-order valence-corrected chi connectivity index (χ4v) is 17.7. The van der Waals surface area contributed by atoms with Crippen molar-refractivity contribution in [3.8, 4) is 34.5 Å². The predicted octanol–water partition coefficient (Wildman–Crippen LogP) is 14.3. The second-order valence-corrected chi connectivity index (χ2v) is 28.6. The number of carbonyl (C=O) groups excluding carboxylic acids is 4. The van der Waals surface area contributed by atoms with Crippen LogP contribution in [0.1, 0.15) is 179 Å². The zero-order chi connectivity index (χ0) is 64.5. The number of aryl methyl sites for hydroxylation is 8. The van der Waals surface area contributed by atoms with E-state index in [1.807, 2.05) is 116 Å². The Kier molecular flexibility index (Phi) is 17.3. The first kappa shape index (κ1) is 63.2. The largest absolute Gasteiger partial charge is 0.508 e. The van der Waals surface area contributed by atoms with Crippen LogP contribution in [0.15, 0.2) is 84.9 Å². The van der Waals surface area contributed by atoms with Crippen LogP contribution in [0.3, 0.4) is 0 Å². The van der Waals surface area contributed by atoms with Crippen molar-refractivity contribution in [2.24, 2.45) is 47.3 Å². The molecule has 0 unspecified atom stereocenters. The Morgan fingerprint density at radius 1 is 0.374 bits per heavy atom. The predicted molar refractivity (Wildman–Crippen MR) is 344 cm³/mol. The topological polar surface area (TPSA) is 205 Å². The SMILES string of the molecule is Cc1cc(C(c2cc(C)c(O)cc2C)c2cc(Cc3ccc(OCC(=O)OCC(=O)OC4(C)C5CC6CC(C5)CC4C6)c(C(c4cc(C)c(O)cc4C)c4cc(C)c(O)cc4C)c3)ccc2OCC(=O)OCC(=O)OC2(C)C3CC4CC(C3)CC2C4)c(C)cc1O. The summed E-state index contributed by atoms with van der Waals surface area (Å²) >= 11 is 0. The maximum absolute atomic E-state index is 13.7. The lowest BCUT2D eigenvalue weighted by atomic mass is 9.50. The van der Waals surface area contributed by atoms with Crippen LogP contribution in [-0.2, 0) is 44.5 Å². The first-order chi connectivity index (χ1) is 43.3. The number of ether oxygens (including phenoxy) is 6. The van der Waals surface area contributed by atoms with E-state index in [0.29, 0.717) is 98.6 Å². The quantitative estimate of drug-likeness (QED) is 0.0319. The number of hydrogen-bond acceptors (Lipinski definition) is 14. The van der Waals surface area contributed by atoms with Crippen molar-refractivity contribution in [1.29, 1.82) is 0 Å². The second kappa shape index (κ2) is 24.9. The van der Waals surface area contributed by atoms with Crippen molar-refractivity contribution in [2.75, 3.05) is 26.4 Å². The Morgan fingerprint density at radius 3 is 0.945 bits per heavy atom. The minimum absolute atomic E-state index is 0.137. The third kappa shape index (κ3) is 12.6. The van der Waals surface area contributed by atoms with E-state index in [4.69, 9.17) is 28.4 Å². The average molecular weight is 1240 g/mol. The van der Waals surface area contributed by atoms with Gasteiger partial charge in [-0.15, -0.1) is 0 Å². The Labute approximate surface area is 534 Å². The summed E-state index contributed by atoms with van der Waals surface area (Å²) in [7, 11) is 0. The number of phenolic OH excluding ortho intramolecular Hbond substituents is 4. The van der Waals surface area contributed by atoms with Crippen LogP contribution in [-0.4, -0.2) is 81.9 Å². The van der Waals surface area contributed by atoms with Crippen molar-refractivity contribution in [2.45, 2.75) is 163 Å². The maximum Gasteiger partial charge on any atom is 0.344 e. The molecule has 14 rings (SSSR count). The van der Waals surface area contributed by atoms with Gasteiger partial charge >= 0.3 is 23.9 Å². The molecule has 8 aliphatic rings. The molecule has 480 valence electrons. The number of esters is 4. The smallest absolute Gasteiger partial charge is 0.344 e. The number of benzene rings is 6. The Balaban J connectivity index is 0.873. The van der Waals surface area contributed by atoms with Crippen LogP contribution < -0.4 is 9.47 Å². The van der Waals surface area contributed by atoms with Crippen LogP contribution >= 0.6 is 0 Å². The van der Waals surface area contributed by atoms with Gasteiger partial charge in [-0.2, -0.15) is 0 Å². The van der Waals surface area contributed by atoms with E-state index in [-0.39, 0.29) is 23.0 Å². The summed E-state index contributed by atoms with van der Waals surface area (Å²) < 4.78 is 36.7. The van der Waals surface area contributed by atoms with E-state index >= 15 is 0 Å². The van der Waals surface area contributed by atoms with E-state index in [9.17, 15) is 39.6 Å². The normalized spacial score (nSPS) is 25.0. The first-order valence-corrected chi connectivity index (χ1v) is 32.8. The van der Waals surface area contributed by atoms with Gasteiger partial charge in [-0.05, 0) is 301 Å². The third-order valence-electron chi connectivity index (χ3n) is 22.3. The molecule has 4 N–H and O–H groups in total. The summed E-state index contributed by atoms with van der Waals surface area (Å²) in [5.74, 6) is 1.52. The highest BCUT2D eigenvalue weighted by molar-refractivity contribution is 5.78. The van der Waals surface area contributed by atoms with Crippen LogP contribution in [0.25, 0.3) is 0 Å². The molecule has 8 saturated carbocycles. The van der Waals surface area contributed by atoms with Gasteiger partial charge in [0.15, 0.2) is 26.4 Å². The maximum atomic E-state index is 13.7. The Morgan fingerprint density at radius 2 is 0.659 bits per heavy atom. The van der Waals surface area contributed by atoms with E-state index in [1.54, 1.807) is 24.3 Å². The molecule has 0 heterocycles. The minimum Gasteiger partial charge on any atom is -0.508 e. The van der Waals surface area contributed by atoms with Crippen LogP contribution in [0.4, 0.5) is 0 Å². The molecule has 6 aromatic carbocycles. The monoisotopic (exact) mass is 1240 g/mol. The lowest BCUT2D eigenvalue weighted by Gasteiger charge is -2.59. The van der Waals surface area contributed by atoms with Crippen molar-refractivity contribution in [3.05, 3.63) is 174 Å². The standard InChI is InChI=1S/C77H88O14/c1-40-19-64(78)44(5)15-58(40)74(59-16-45(6)65(79)20-41(59)2)62-34-48(11-13-68(62)86-36-70(82)88-38-72(84)90-76(9)54-26-50-24-51(28-54)29-55(76)27-50)23-49-12-14-69(87-37-71(83)89-39-73(85)91-77(10)56-30-52-25-53(32-56)33-57(77)31-52)63(35-49)75(60-17-46(7)66(80)21-42(60)3)61-18-47(8)67(81)22-43(61)4/h11-22,34-35,50-57,74-75,78-81H,23-33,36-39H2,1-10H3. The van der Waals surface area contributed by atoms with Gasteiger partial charge in [-0.1, -0.05) is 48.5 Å². The third-order valence-corrected chi connectivity index (χ3v) is 22.3. The fraction of sp³-hybridized carbons (Fsp3) is 0.481. The molecule has 0 spiro atoms. The Hall–Kier alpha value is -8.00. The van der Waals surface area contributed by atoms with Crippen molar-refractivity contribution >= 4 is 23.9 Å². The molecule has 91 heavy (non-hydrogen) atoms. The van der Waals surface area contributed by atoms with Gasteiger partial charge in [0.05, 0.1) is 0 Å². The summed E-state index contributed by atoms with van der Waals surface area (Å²) in [6.45, 7) is 17.1. The van der Waals surface area contributed by atoms with E-state index in [2.05, 4.69) is 13.8 Å². The minimum atomic E-state index is -0.743. The van der Waals surface area contributed by atoms with Crippen molar-refractivity contribution in [1.82, 2.24) is 0 Å². The Bertz CT molecular complexity index is 3440. The average Bonchev–Trinajstić information content (AvgIpc) is 0.783. The van der Waals surface area contributed by atoms with E-state index < -0.39 is 73.3 Å². The van der Waals surface area contributed by atoms with Crippen LogP contribution in [0, 0.1) is 103 Å². The van der Waals surface area contributed by atoms with E-state index in [1.165, 1.54) is 12.8 Å². The lowest BCUT2D eigenvalue weighted by Crippen LogP contribution is -2.58. The van der Waals surface area contributed by atoms with Crippen LogP contribution in [0.5, 0.6) is 34.5 Å². The van der Waals surface area contributed by atoms with Gasteiger partial charge in [0.1, 0.15) is 45.7 Å². The molecule has 0 saturated heterocycles. The van der Waals surface area contributed by atoms with E-state index in [0.717, 1.165) is 107 Å². The van der Waals surface area contributed by atoms with Gasteiger partial charge in [0.2, 0.25) is 0 Å². The van der Waals surface area contributed by atoms with Crippen molar-refractivity contribution < 1.29 is 68.0 Å². The van der Waals surface area contributed by atoms with Gasteiger partial charge in [0.25, 0.3) is 0 Å². The van der Waals surface area contributed by atoms with Gasteiger partial charge in [-0.25, -0.2) is 19.2 Å². The molecule has 8 aliphatic carbocycles. The highest BCUT2D eigenvalue weighted by Gasteiger charge is 2.58. The molecule has 0 atom stereocenters. The number of phenols is 4. The summed E-state index contributed by atoms with van der Waals surface area (Å²) in [6, 6.07) is 26.4. The number of hydrogen-bond donors (Lipinski definition) is 4.